The standard InChI is InChI=1S/C15H20O2S/c1-3-4-5-13-14(10-15(16)17-13)18-12-8-6-11(2)7-9-12/h6-9,13-14H,3-5,10H2,1-2H3/t13-,14+/m0/s1. The maximum Gasteiger partial charge on any atom is 0.307 e. The third kappa shape index (κ3) is 3.52. The molecule has 0 radical (unpaired) electrons. The fourth-order valence-corrected chi connectivity index (χ4v) is 3.35. The van der Waals surface area contributed by atoms with Crippen molar-refractivity contribution in [3.8, 4) is 0 Å². The van der Waals surface area contributed by atoms with Crippen LogP contribution in [0.4, 0.5) is 0 Å². The Hall–Kier alpha value is -0.960. The maximum atomic E-state index is 11.4. The zero-order chi connectivity index (χ0) is 13.0. The van der Waals surface area contributed by atoms with Crippen molar-refractivity contribution in [3.05, 3.63) is 29.8 Å². The number of benzene rings is 1. The molecule has 2 nitrogen and oxygen atoms in total. The van der Waals surface area contributed by atoms with Crippen molar-refractivity contribution in [2.45, 2.75) is 55.8 Å². The van der Waals surface area contributed by atoms with Crippen LogP contribution < -0.4 is 0 Å². The summed E-state index contributed by atoms with van der Waals surface area (Å²) in [5, 5.41) is 0.284. The molecule has 0 amide bonds. The summed E-state index contributed by atoms with van der Waals surface area (Å²) < 4.78 is 5.41. The Labute approximate surface area is 113 Å². The van der Waals surface area contributed by atoms with E-state index in [-0.39, 0.29) is 17.3 Å². The molecule has 1 fully saturated rings. The van der Waals surface area contributed by atoms with Crippen molar-refractivity contribution in [2.75, 3.05) is 0 Å². The molecule has 1 aliphatic heterocycles. The normalized spacial score (nSPS) is 23.1. The minimum atomic E-state index is -0.0410. The predicted octanol–water partition coefficient (Wildman–Crippen LogP) is 3.96. The number of rotatable bonds is 5. The van der Waals surface area contributed by atoms with Crippen molar-refractivity contribution in [1.82, 2.24) is 0 Å². The largest absolute Gasteiger partial charge is 0.461 e. The molecule has 2 atom stereocenters. The lowest BCUT2D eigenvalue weighted by molar-refractivity contribution is -0.141. The van der Waals surface area contributed by atoms with Gasteiger partial charge in [0.05, 0.1) is 11.7 Å². The summed E-state index contributed by atoms with van der Waals surface area (Å²) in [6, 6.07) is 8.47. The fraction of sp³-hybridized carbons (Fsp3) is 0.533. The highest BCUT2D eigenvalue weighted by Crippen LogP contribution is 2.35. The van der Waals surface area contributed by atoms with Crippen LogP contribution in [0.5, 0.6) is 0 Å². The van der Waals surface area contributed by atoms with Gasteiger partial charge in [-0.1, -0.05) is 37.5 Å². The van der Waals surface area contributed by atoms with Crippen LogP contribution in [0.15, 0.2) is 29.2 Å². The summed E-state index contributed by atoms with van der Waals surface area (Å²) in [6.45, 7) is 4.25. The van der Waals surface area contributed by atoms with E-state index < -0.39 is 0 Å². The molecule has 98 valence electrons. The summed E-state index contributed by atoms with van der Waals surface area (Å²) >= 11 is 1.78. The fourth-order valence-electron chi connectivity index (χ4n) is 2.15. The van der Waals surface area contributed by atoms with E-state index in [0.717, 1.165) is 19.3 Å². The van der Waals surface area contributed by atoms with Gasteiger partial charge in [0.2, 0.25) is 0 Å². The first-order valence-electron chi connectivity index (χ1n) is 6.62. The number of thioether (sulfide) groups is 1. The molecule has 1 heterocycles. The Kier molecular flexibility index (Phi) is 4.70. The molecule has 1 aliphatic rings. The quantitative estimate of drug-likeness (QED) is 0.753. The smallest absolute Gasteiger partial charge is 0.307 e. The third-order valence-electron chi connectivity index (χ3n) is 3.22. The van der Waals surface area contributed by atoms with Crippen molar-refractivity contribution in [1.29, 1.82) is 0 Å². The molecule has 0 spiro atoms. The van der Waals surface area contributed by atoms with E-state index in [4.69, 9.17) is 4.74 Å². The molecule has 1 aromatic carbocycles. The molecule has 18 heavy (non-hydrogen) atoms. The van der Waals surface area contributed by atoms with Crippen molar-refractivity contribution in [3.63, 3.8) is 0 Å². The lowest BCUT2D eigenvalue weighted by Crippen LogP contribution is -2.17. The summed E-state index contributed by atoms with van der Waals surface area (Å²) in [7, 11) is 0. The van der Waals surface area contributed by atoms with Gasteiger partial charge in [-0.05, 0) is 25.5 Å². The first kappa shape index (κ1) is 13.5. The van der Waals surface area contributed by atoms with Crippen molar-refractivity contribution < 1.29 is 9.53 Å². The molecule has 0 saturated carbocycles. The van der Waals surface area contributed by atoms with Crippen LogP contribution in [0.3, 0.4) is 0 Å². The number of ether oxygens (including phenoxy) is 1. The lowest BCUT2D eigenvalue weighted by atomic mass is 10.1. The monoisotopic (exact) mass is 264 g/mol. The van der Waals surface area contributed by atoms with Crippen LogP contribution in [-0.2, 0) is 9.53 Å². The van der Waals surface area contributed by atoms with E-state index in [9.17, 15) is 4.79 Å². The van der Waals surface area contributed by atoms with Gasteiger partial charge in [-0.2, -0.15) is 0 Å². The molecule has 2 rings (SSSR count). The molecular weight excluding hydrogens is 244 g/mol. The minimum Gasteiger partial charge on any atom is -0.461 e. The summed E-state index contributed by atoms with van der Waals surface area (Å²) in [6.07, 6.45) is 3.92. The van der Waals surface area contributed by atoms with Crippen LogP contribution >= 0.6 is 11.8 Å². The molecular formula is C15H20O2S. The van der Waals surface area contributed by atoms with Crippen molar-refractivity contribution in [2.24, 2.45) is 0 Å². The van der Waals surface area contributed by atoms with E-state index in [1.165, 1.54) is 10.5 Å². The maximum absolute atomic E-state index is 11.4. The average Bonchev–Trinajstić information content (AvgIpc) is 2.70. The molecule has 0 aromatic heterocycles. The second-order valence-corrected chi connectivity index (χ2v) is 6.16. The number of unbranched alkanes of at least 4 members (excludes halogenated alkanes) is 1. The minimum absolute atomic E-state index is 0.0410. The molecule has 3 heteroatoms. The Balaban J connectivity index is 1.97. The van der Waals surface area contributed by atoms with Gasteiger partial charge in [0.25, 0.3) is 0 Å². The third-order valence-corrected chi connectivity index (χ3v) is 4.53. The van der Waals surface area contributed by atoms with Crippen LogP contribution in [0.2, 0.25) is 0 Å². The van der Waals surface area contributed by atoms with Gasteiger partial charge in [-0.3, -0.25) is 4.79 Å². The summed E-state index contributed by atoms with van der Waals surface area (Å²) in [4.78, 5) is 12.7. The van der Waals surface area contributed by atoms with Gasteiger partial charge in [0, 0.05) is 4.90 Å². The Morgan fingerprint density at radius 3 is 2.72 bits per heavy atom. The number of hydrogen-bond donors (Lipinski definition) is 0. The molecule has 1 aromatic rings. The summed E-state index contributed by atoms with van der Waals surface area (Å²) in [5.41, 5.74) is 1.26. The number of esters is 1. The zero-order valence-corrected chi connectivity index (χ0v) is 11.8. The highest BCUT2D eigenvalue weighted by molar-refractivity contribution is 8.00. The Morgan fingerprint density at radius 1 is 1.33 bits per heavy atom. The molecule has 0 bridgehead atoms. The van der Waals surface area contributed by atoms with Gasteiger partial charge >= 0.3 is 5.97 Å². The molecule has 0 N–H and O–H groups in total. The second-order valence-electron chi connectivity index (χ2n) is 4.84. The molecule has 0 unspecified atom stereocenters. The van der Waals surface area contributed by atoms with E-state index in [0.29, 0.717) is 6.42 Å². The van der Waals surface area contributed by atoms with Crippen LogP contribution in [0, 0.1) is 6.92 Å². The highest BCUT2D eigenvalue weighted by atomic mass is 32.2. The van der Waals surface area contributed by atoms with Gasteiger partial charge in [-0.25, -0.2) is 0 Å². The van der Waals surface area contributed by atoms with Gasteiger partial charge in [-0.15, -0.1) is 11.8 Å². The van der Waals surface area contributed by atoms with Crippen LogP contribution in [-0.4, -0.2) is 17.3 Å². The number of carbonyl (C=O) groups excluding carboxylic acids is 1. The SMILES string of the molecule is CCCC[C@@H]1OC(=O)C[C@H]1Sc1ccc(C)cc1. The molecule has 0 aliphatic carbocycles. The first-order chi connectivity index (χ1) is 8.69. The van der Waals surface area contributed by atoms with Gasteiger partial charge in [0.1, 0.15) is 6.10 Å². The predicted molar refractivity (Wildman–Crippen MR) is 74.8 cm³/mol. The van der Waals surface area contributed by atoms with Crippen LogP contribution in [0.25, 0.3) is 0 Å². The highest BCUT2D eigenvalue weighted by Gasteiger charge is 2.34. The molecule has 1 saturated heterocycles. The number of hydrogen-bond acceptors (Lipinski definition) is 3. The number of carbonyl (C=O) groups is 1. The van der Waals surface area contributed by atoms with Crippen LogP contribution in [0.1, 0.15) is 38.2 Å². The Morgan fingerprint density at radius 2 is 2.06 bits per heavy atom. The Bertz CT molecular complexity index is 399. The van der Waals surface area contributed by atoms with E-state index in [1.807, 2.05) is 0 Å². The van der Waals surface area contributed by atoms with E-state index in [2.05, 4.69) is 38.1 Å². The zero-order valence-electron chi connectivity index (χ0n) is 11.0. The average molecular weight is 264 g/mol. The lowest BCUT2D eigenvalue weighted by Gasteiger charge is -2.16. The van der Waals surface area contributed by atoms with E-state index >= 15 is 0 Å². The number of aryl methyl sites for hydroxylation is 1. The van der Waals surface area contributed by atoms with E-state index in [1.54, 1.807) is 11.8 Å². The number of cyclic esters (lactones) is 1. The topological polar surface area (TPSA) is 26.3 Å². The summed E-state index contributed by atoms with van der Waals surface area (Å²) in [5.74, 6) is -0.0410. The second kappa shape index (κ2) is 6.28. The van der Waals surface area contributed by atoms with Gasteiger partial charge in [0.15, 0.2) is 0 Å². The van der Waals surface area contributed by atoms with Crippen molar-refractivity contribution >= 4 is 17.7 Å². The van der Waals surface area contributed by atoms with Gasteiger partial charge < -0.3 is 4.74 Å². The first-order valence-corrected chi connectivity index (χ1v) is 7.50.